The zero-order chi connectivity index (χ0) is 16.0. The maximum absolute atomic E-state index is 12.3. The molecule has 0 radical (unpaired) electrons. The molecule has 1 rings (SSSR count). The number of carboxylic acid groups (broad SMARTS) is 1. The zero-order valence-corrected chi connectivity index (χ0v) is 11.5. The monoisotopic (exact) mass is 303 g/mol. The summed E-state index contributed by atoms with van der Waals surface area (Å²) in [4.78, 5) is 23.7. The minimum Gasteiger partial charge on any atom is -0.493 e. The van der Waals surface area contributed by atoms with Crippen LogP contribution in [0.25, 0.3) is 0 Å². The van der Waals surface area contributed by atoms with E-state index in [0.29, 0.717) is 0 Å². The molecule has 0 heterocycles. The van der Waals surface area contributed by atoms with Gasteiger partial charge in [-0.25, -0.2) is 0 Å². The quantitative estimate of drug-likeness (QED) is 0.832. The number of amides is 1. The van der Waals surface area contributed by atoms with Crippen molar-refractivity contribution in [2.45, 2.75) is 13.0 Å². The fourth-order valence-corrected chi connectivity index (χ4v) is 1.58. The van der Waals surface area contributed by atoms with E-state index in [9.17, 15) is 18.4 Å². The molecule has 116 valence electrons. The van der Waals surface area contributed by atoms with Crippen LogP contribution in [0.5, 0.6) is 11.5 Å². The number of halogens is 2. The van der Waals surface area contributed by atoms with Crippen LogP contribution in [0.2, 0.25) is 0 Å². The van der Waals surface area contributed by atoms with E-state index in [1.54, 1.807) is 0 Å². The lowest BCUT2D eigenvalue weighted by atomic mass is 10.1. The summed E-state index contributed by atoms with van der Waals surface area (Å²) in [7, 11) is 2.71. The zero-order valence-electron chi connectivity index (χ0n) is 11.5. The van der Waals surface area contributed by atoms with Crippen molar-refractivity contribution in [1.82, 2.24) is 4.90 Å². The van der Waals surface area contributed by atoms with Crippen molar-refractivity contribution in [1.29, 1.82) is 0 Å². The number of aliphatic carboxylic acids is 1. The number of methoxy groups -OCH3 is 1. The average molecular weight is 303 g/mol. The highest BCUT2D eigenvalue weighted by Gasteiger charge is 2.17. The van der Waals surface area contributed by atoms with Crippen molar-refractivity contribution in [2.75, 3.05) is 20.7 Å². The molecule has 0 aliphatic carbocycles. The lowest BCUT2D eigenvalue weighted by Gasteiger charge is -2.17. The van der Waals surface area contributed by atoms with Crippen molar-refractivity contribution in [3.8, 4) is 11.5 Å². The first kappa shape index (κ1) is 16.7. The molecule has 0 aliphatic heterocycles. The molecule has 1 aromatic carbocycles. The van der Waals surface area contributed by atoms with Crippen LogP contribution in [-0.2, 0) is 4.79 Å². The molecule has 1 aromatic rings. The van der Waals surface area contributed by atoms with Crippen molar-refractivity contribution < 1.29 is 33.0 Å². The molecule has 0 bridgehead atoms. The third-order valence-corrected chi connectivity index (χ3v) is 2.63. The van der Waals surface area contributed by atoms with Crippen molar-refractivity contribution in [3.05, 3.63) is 23.8 Å². The normalized spacial score (nSPS) is 10.3. The standard InChI is InChI=1S/C13H15F2NO5/c1-16(6-5-11(17)18)12(19)8-3-4-9(20-2)10(7-8)21-13(14)15/h3-4,7,13H,5-6H2,1-2H3,(H,17,18). The van der Waals surface area contributed by atoms with Gasteiger partial charge in [0.25, 0.3) is 5.91 Å². The molecule has 0 atom stereocenters. The third kappa shape index (κ3) is 4.90. The van der Waals surface area contributed by atoms with Gasteiger partial charge in [-0.2, -0.15) is 8.78 Å². The van der Waals surface area contributed by atoms with Gasteiger partial charge in [0.15, 0.2) is 11.5 Å². The highest BCUT2D eigenvalue weighted by molar-refractivity contribution is 5.95. The molecule has 0 fully saturated rings. The minimum atomic E-state index is -3.05. The van der Waals surface area contributed by atoms with Gasteiger partial charge in [0, 0.05) is 19.2 Å². The molecule has 21 heavy (non-hydrogen) atoms. The van der Waals surface area contributed by atoms with E-state index in [4.69, 9.17) is 9.84 Å². The minimum absolute atomic E-state index is 0.00519. The predicted octanol–water partition coefficient (Wildman–Crippen LogP) is 1.84. The van der Waals surface area contributed by atoms with Crippen molar-refractivity contribution in [3.63, 3.8) is 0 Å². The second-order valence-corrected chi connectivity index (χ2v) is 4.11. The molecule has 0 saturated heterocycles. The summed E-state index contributed by atoms with van der Waals surface area (Å²) in [6.45, 7) is -3.04. The molecular formula is C13H15F2NO5. The second kappa shape index (κ2) is 7.41. The summed E-state index contributed by atoms with van der Waals surface area (Å²) >= 11 is 0. The number of hydrogen-bond donors (Lipinski definition) is 1. The number of carbonyl (C=O) groups is 2. The summed E-state index contributed by atoms with van der Waals surface area (Å²) in [5.41, 5.74) is 0.0966. The van der Waals surface area contributed by atoms with Crippen LogP contribution in [0.3, 0.4) is 0 Å². The smallest absolute Gasteiger partial charge is 0.387 e. The van der Waals surface area contributed by atoms with Crippen LogP contribution in [-0.4, -0.2) is 49.2 Å². The predicted molar refractivity (Wildman–Crippen MR) is 68.8 cm³/mol. The summed E-state index contributed by atoms with van der Waals surface area (Å²) in [5, 5.41) is 8.57. The Morgan fingerprint density at radius 3 is 2.52 bits per heavy atom. The number of alkyl halides is 2. The molecule has 0 saturated carbocycles. The van der Waals surface area contributed by atoms with Crippen LogP contribution >= 0.6 is 0 Å². The Labute approximate surface area is 119 Å². The lowest BCUT2D eigenvalue weighted by molar-refractivity contribution is -0.137. The highest BCUT2D eigenvalue weighted by Crippen LogP contribution is 2.29. The third-order valence-electron chi connectivity index (χ3n) is 2.63. The lowest BCUT2D eigenvalue weighted by Crippen LogP contribution is -2.29. The van der Waals surface area contributed by atoms with Gasteiger partial charge in [-0.1, -0.05) is 0 Å². The first-order valence-electron chi connectivity index (χ1n) is 5.95. The maximum atomic E-state index is 12.3. The van der Waals surface area contributed by atoms with Gasteiger partial charge >= 0.3 is 12.6 Å². The summed E-state index contributed by atoms with van der Waals surface area (Å²) in [6, 6.07) is 3.84. The number of hydrogen-bond acceptors (Lipinski definition) is 4. The van der Waals surface area contributed by atoms with E-state index in [0.717, 1.165) is 6.07 Å². The first-order valence-corrected chi connectivity index (χ1v) is 5.95. The van der Waals surface area contributed by atoms with E-state index < -0.39 is 18.5 Å². The van der Waals surface area contributed by atoms with Gasteiger partial charge in [0.1, 0.15) is 0 Å². The van der Waals surface area contributed by atoms with Crippen LogP contribution < -0.4 is 9.47 Å². The summed E-state index contributed by atoms with van der Waals surface area (Å²) < 4.78 is 33.7. The Morgan fingerprint density at radius 2 is 2.00 bits per heavy atom. The Balaban J connectivity index is 2.91. The highest BCUT2D eigenvalue weighted by atomic mass is 19.3. The van der Waals surface area contributed by atoms with Crippen molar-refractivity contribution in [2.24, 2.45) is 0 Å². The Hall–Kier alpha value is -2.38. The SMILES string of the molecule is COc1ccc(C(=O)N(C)CCC(=O)O)cc1OC(F)F. The maximum Gasteiger partial charge on any atom is 0.387 e. The summed E-state index contributed by atoms with van der Waals surface area (Å²) in [6.07, 6.45) is -0.210. The van der Waals surface area contributed by atoms with Crippen LogP contribution in [0.1, 0.15) is 16.8 Å². The summed E-state index contributed by atoms with van der Waals surface area (Å²) in [5.74, 6) is -1.73. The Morgan fingerprint density at radius 1 is 1.33 bits per heavy atom. The number of nitrogens with zero attached hydrogens (tertiary/aromatic N) is 1. The number of carbonyl (C=O) groups excluding carboxylic acids is 1. The molecule has 0 aliphatic rings. The van der Waals surface area contributed by atoms with Crippen molar-refractivity contribution >= 4 is 11.9 Å². The fourth-order valence-electron chi connectivity index (χ4n) is 1.58. The molecule has 1 N–H and O–H groups in total. The molecule has 0 spiro atoms. The molecule has 6 nitrogen and oxygen atoms in total. The van der Waals surface area contributed by atoms with E-state index >= 15 is 0 Å². The van der Waals surface area contributed by atoms with Gasteiger partial charge in [-0.05, 0) is 18.2 Å². The van der Waals surface area contributed by atoms with Crippen LogP contribution in [0, 0.1) is 0 Å². The fraction of sp³-hybridized carbons (Fsp3) is 0.385. The van der Waals surface area contributed by atoms with Gasteiger partial charge in [0.05, 0.1) is 13.5 Å². The van der Waals surface area contributed by atoms with E-state index in [1.165, 1.54) is 31.2 Å². The van der Waals surface area contributed by atoms with Crippen LogP contribution in [0.4, 0.5) is 8.78 Å². The van der Waals surface area contributed by atoms with E-state index in [-0.39, 0.29) is 30.0 Å². The Kier molecular flexibility index (Phi) is 5.89. The Bertz CT molecular complexity index is 521. The topological polar surface area (TPSA) is 76.1 Å². The molecular weight excluding hydrogens is 288 g/mol. The van der Waals surface area contributed by atoms with Gasteiger partial charge in [-0.15, -0.1) is 0 Å². The number of carboxylic acids is 1. The van der Waals surface area contributed by atoms with Crippen LogP contribution in [0.15, 0.2) is 18.2 Å². The number of rotatable bonds is 7. The number of ether oxygens (including phenoxy) is 2. The molecule has 1 amide bonds. The van der Waals surface area contributed by atoms with E-state index in [1.807, 2.05) is 0 Å². The van der Waals surface area contributed by atoms with Gasteiger partial charge in [-0.3, -0.25) is 9.59 Å². The second-order valence-electron chi connectivity index (χ2n) is 4.11. The average Bonchev–Trinajstić information content (AvgIpc) is 2.43. The molecule has 8 heteroatoms. The number of benzene rings is 1. The van der Waals surface area contributed by atoms with Gasteiger partial charge in [0.2, 0.25) is 0 Å². The molecule has 0 unspecified atom stereocenters. The van der Waals surface area contributed by atoms with E-state index in [2.05, 4.69) is 4.74 Å². The first-order chi connectivity index (χ1) is 9.85. The largest absolute Gasteiger partial charge is 0.493 e. The molecule has 0 aromatic heterocycles. The van der Waals surface area contributed by atoms with Gasteiger partial charge < -0.3 is 19.5 Å².